The van der Waals surface area contributed by atoms with Crippen LogP contribution in [-0.2, 0) is 31.6 Å². The fourth-order valence-corrected chi connectivity index (χ4v) is 1.36. The summed E-state index contributed by atoms with van der Waals surface area (Å²) in [7, 11) is 0. The minimum atomic E-state index is -1.07. The van der Waals surface area contributed by atoms with E-state index in [9.17, 15) is 9.59 Å². The summed E-state index contributed by atoms with van der Waals surface area (Å²) in [6, 6.07) is -0.964. The van der Waals surface area contributed by atoms with E-state index in [1.165, 1.54) is 6.92 Å². The summed E-state index contributed by atoms with van der Waals surface area (Å²) in [4.78, 5) is 27.8. The maximum Gasteiger partial charge on any atom is 0.333 e. The van der Waals surface area contributed by atoms with Crippen LogP contribution in [0.2, 0.25) is 0 Å². The van der Waals surface area contributed by atoms with Gasteiger partial charge in [-0.3, -0.25) is 4.79 Å². The summed E-state index contributed by atoms with van der Waals surface area (Å²) >= 11 is 4.35. The summed E-state index contributed by atoms with van der Waals surface area (Å²) < 4.78 is 8.16. The third-order valence-corrected chi connectivity index (χ3v) is 1.98. The van der Waals surface area contributed by atoms with Crippen LogP contribution < -0.4 is 5.32 Å². The molecule has 98 valence electrons. The largest absolute Gasteiger partial charge is 0.461 e. The summed E-state index contributed by atoms with van der Waals surface area (Å²) in [5, 5.41) is 2.47. The lowest BCUT2D eigenvalue weighted by atomic mass is 9.99. The maximum absolute atomic E-state index is 11.8. The van der Waals surface area contributed by atoms with Crippen molar-refractivity contribution in [3.05, 3.63) is 0 Å². The predicted molar refractivity (Wildman–Crippen MR) is 63.8 cm³/mol. The van der Waals surface area contributed by atoms with Gasteiger partial charge in [-0.1, -0.05) is 0 Å². The molecule has 7 heteroatoms. The first-order valence-corrected chi connectivity index (χ1v) is 5.55. The highest BCUT2D eigenvalue weighted by Crippen LogP contribution is 2.17. The Kier molecular flexibility index (Phi) is 6.01. The second-order valence-electron chi connectivity index (χ2n) is 4.39. The molecule has 0 rings (SSSR count). The molecule has 1 amide bonds. The van der Waals surface area contributed by atoms with Crippen LogP contribution in [-0.4, -0.2) is 29.6 Å². The van der Waals surface area contributed by atoms with Crippen LogP contribution in [0.5, 0.6) is 0 Å². The van der Waals surface area contributed by atoms with E-state index in [0.717, 1.165) is 0 Å². The zero-order valence-electron chi connectivity index (χ0n) is 10.6. The highest BCUT2D eigenvalue weighted by atomic mass is 32.1. The van der Waals surface area contributed by atoms with Crippen molar-refractivity contribution in [1.29, 1.82) is 0 Å². The van der Waals surface area contributed by atoms with Gasteiger partial charge in [0.2, 0.25) is 5.91 Å². The van der Waals surface area contributed by atoms with Crippen molar-refractivity contribution in [3.63, 3.8) is 0 Å². The topological polar surface area (TPSA) is 77.0 Å². The van der Waals surface area contributed by atoms with Gasteiger partial charge < -0.3 is 14.9 Å². The molecule has 0 saturated heterocycles. The van der Waals surface area contributed by atoms with Gasteiger partial charge in [-0.15, -0.1) is 0 Å². The number of hydrogen-bond acceptors (Lipinski definition) is 6. The Morgan fingerprint density at radius 2 is 1.88 bits per heavy atom. The molecule has 0 spiro atoms. The molecule has 0 radical (unpaired) electrons. The fourth-order valence-electron chi connectivity index (χ4n) is 1.17. The van der Waals surface area contributed by atoms with E-state index in [1.54, 1.807) is 27.7 Å². The van der Waals surface area contributed by atoms with Crippen molar-refractivity contribution < 1.29 is 19.2 Å². The number of carbonyl (C=O) groups is 2. The van der Waals surface area contributed by atoms with Gasteiger partial charge in [0, 0.05) is 6.92 Å². The molecule has 0 aromatic rings. The van der Waals surface area contributed by atoms with Gasteiger partial charge in [0.15, 0.2) is 11.6 Å². The lowest BCUT2D eigenvalue weighted by molar-refractivity contribution is -0.161. The SMILES string of the molecule is CC(=O)NC(C(=O)OC(C)C)C(C)(C)ON=S. The zero-order chi connectivity index (χ0) is 13.6. The molecular weight excluding hydrogens is 244 g/mol. The second kappa shape index (κ2) is 6.48. The monoisotopic (exact) mass is 262 g/mol. The Bertz CT molecular complexity index is 305. The Labute approximate surface area is 106 Å². The molecule has 17 heavy (non-hydrogen) atoms. The van der Waals surface area contributed by atoms with Crippen molar-refractivity contribution in [2.24, 2.45) is 4.53 Å². The zero-order valence-corrected chi connectivity index (χ0v) is 11.5. The molecule has 6 nitrogen and oxygen atoms in total. The first-order chi connectivity index (χ1) is 7.70. The number of nitrogens with zero attached hydrogens (tertiary/aromatic N) is 1. The summed E-state index contributed by atoms with van der Waals surface area (Å²) in [5.74, 6) is -0.949. The average molecular weight is 262 g/mol. The van der Waals surface area contributed by atoms with Crippen LogP contribution in [0.3, 0.4) is 0 Å². The molecule has 1 unspecified atom stereocenters. The number of rotatable bonds is 6. The number of esters is 1. The van der Waals surface area contributed by atoms with Crippen molar-refractivity contribution in [1.82, 2.24) is 5.32 Å². The highest BCUT2D eigenvalue weighted by molar-refractivity contribution is 7.47. The van der Waals surface area contributed by atoms with Crippen LogP contribution in [0.15, 0.2) is 4.53 Å². The minimum Gasteiger partial charge on any atom is -0.461 e. The first-order valence-electron chi connectivity index (χ1n) is 5.19. The van der Waals surface area contributed by atoms with Crippen molar-refractivity contribution >= 4 is 24.3 Å². The number of amides is 1. The molecule has 0 saturated carbocycles. The number of ether oxygens (including phenoxy) is 1. The van der Waals surface area contributed by atoms with E-state index >= 15 is 0 Å². The third kappa shape index (κ3) is 5.58. The van der Waals surface area contributed by atoms with Crippen molar-refractivity contribution in [3.8, 4) is 0 Å². The average Bonchev–Trinajstić information content (AvgIpc) is 2.12. The lowest BCUT2D eigenvalue weighted by Crippen LogP contribution is -2.55. The van der Waals surface area contributed by atoms with E-state index in [-0.39, 0.29) is 12.0 Å². The Morgan fingerprint density at radius 1 is 1.35 bits per heavy atom. The smallest absolute Gasteiger partial charge is 0.333 e. The number of hydrogen-bond donors (Lipinski definition) is 1. The van der Waals surface area contributed by atoms with Crippen LogP contribution >= 0.6 is 0 Å². The van der Waals surface area contributed by atoms with Crippen molar-refractivity contribution in [2.75, 3.05) is 0 Å². The molecule has 0 bridgehead atoms. The predicted octanol–water partition coefficient (Wildman–Crippen LogP) is 0.883. The summed E-state index contributed by atoms with van der Waals surface area (Å²) in [6.45, 7) is 7.91. The molecule has 0 aromatic carbocycles. The van der Waals surface area contributed by atoms with Crippen molar-refractivity contribution in [2.45, 2.75) is 52.4 Å². The Hall–Kier alpha value is -1.24. The number of nitrogens with one attached hydrogen (secondary N) is 1. The quantitative estimate of drug-likeness (QED) is 0.568. The van der Waals surface area contributed by atoms with Crippen LogP contribution in [0.1, 0.15) is 34.6 Å². The Morgan fingerprint density at radius 3 is 2.24 bits per heavy atom. The van der Waals surface area contributed by atoms with Gasteiger partial charge in [0.25, 0.3) is 0 Å². The van der Waals surface area contributed by atoms with Gasteiger partial charge >= 0.3 is 5.97 Å². The molecule has 0 aliphatic rings. The normalized spacial score (nSPS) is 12.8. The highest BCUT2D eigenvalue weighted by Gasteiger charge is 2.40. The minimum absolute atomic E-state index is 0.282. The molecule has 0 aromatic heterocycles. The Balaban J connectivity index is 4.91. The molecule has 0 aliphatic carbocycles. The van der Waals surface area contributed by atoms with Crippen LogP contribution in [0.4, 0.5) is 0 Å². The van der Waals surface area contributed by atoms with Gasteiger partial charge in [-0.05, 0) is 32.2 Å². The fraction of sp³-hybridized carbons (Fsp3) is 0.800. The van der Waals surface area contributed by atoms with Gasteiger partial charge in [-0.2, -0.15) is 0 Å². The first kappa shape index (κ1) is 15.8. The molecule has 0 heterocycles. The third-order valence-electron chi connectivity index (χ3n) is 1.90. The molecular formula is C10H18N2O4S. The second-order valence-corrected chi connectivity index (χ2v) is 4.54. The molecule has 1 atom stereocenters. The summed E-state index contributed by atoms with van der Waals surface area (Å²) in [5.41, 5.74) is -1.07. The van der Waals surface area contributed by atoms with E-state index in [0.29, 0.717) is 0 Å². The maximum atomic E-state index is 11.8. The van der Waals surface area contributed by atoms with E-state index < -0.39 is 17.6 Å². The van der Waals surface area contributed by atoms with E-state index in [4.69, 9.17) is 9.57 Å². The molecule has 0 aliphatic heterocycles. The van der Waals surface area contributed by atoms with Crippen LogP contribution in [0.25, 0.3) is 0 Å². The van der Waals surface area contributed by atoms with Crippen LogP contribution in [0, 0.1) is 0 Å². The summed E-state index contributed by atoms with van der Waals surface area (Å²) in [6.07, 6.45) is -0.282. The molecule has 0 fully saturated rings. The standard InChI is InChI=1S/C10H18N2O4S/c1-6(2)15-9(14)8(11-7(3)13)10(4,5)16-12-17/h6,8H,1-5H3,(H,11,13). The van der Waals surface area contributed by atoms with E-state index in [1.807, 2.05) is 0 Å². The van der Waals surface area contributed by atoms with Gasteiger partial charge in [0.05, 0.1) is 18.5 Å². The van der Waals surface area contributed by atoms with Gasteiger partial charge in [-0.25, -0.2) is 4.79 Å². The van der Waals surface area contributed by atoms with Gasteiger partial charge in [0.1, 0.15) is 0 Å². The van der Waals surface area contributed by atoms with E-state index in [2.05, 4.69) is 22.3 Å². The lowest BCUT2D eigenvalue weighted by Gasteiger charge is -2.30. The number of carbonyl (C=O) groups excluding carboxylic acids is 2. The molecule has 1 N–H and O–H groups in total.